The predicted octanol–water partition coefficient (Wildman–Crippen LogP) is 2.95. The molecule has 5 N–H and O–H groups in total. The number of nitrogens with two attached hydrogens (primary N) is 1. The molecular formula is C29H53N5O5. The van der Waals surface area contributed by atoms with Crippen LogP contribution < -0.4 is 21.7 Å². The molecule has 4 amide bonds. The first-order valence-electron chi connectivity index (χ1n) is 13.7. The molecule has 10 heteroatoms. The van der Waals surface area contributed by atoms with Crippen LogP contribution in [0.3, 0.4) is 0 Å². The molecule has 0 radical (unpaired) electrons. The van der Waals surface area contributed by atoms with Gasteiger partial charge in [0.15, 0.2) is 0 Å². The molecule has 1 heterocycles. The van der Waals surface area contributed by atoms with E-state index in [9.17, 15) is 24.0 Å². The van der Waals surface area contributed by atoms with Crippen molar-refractivity contribution in [2.75, 3.05) is 20.1 Å². The molecule has 0 aromatic heterocycles. The summed E-state index contributed by atoms with van der Waals surface area (Å²) in [4.78, 5) is 58.9. The Morgan fingerprint density at radius 2 is 1.72 bits per heavy atom. The molecule has 0 aromatic rings. The zero-order valence-electron chi connectivity index (χ0n) is 25.4. The Labute approximate surface area is 236 Å². The Morgan fingerprint density at radius 3 is 2.05 bits per heavy atom. The Bertz CT molecular complexity index is 784. The highest BCUT2D eigenvalue weighted by atomic mass is 16.2. The lowest BCUT2D eigenvalue weighted by Gasteiger charge is -2.25. The molecule has 1 saturated heterocycles. The first-order valence-corrected chi connectivity index (χ1v) is 13.7. The fraction of sp³-hybridized carbons (Fsp3) is 0.690. The Kier molecular flexibility index (Phi) is 24.7. The minimum absolute atomic E-state index is 0.200. The number of Topliss-reactive ketones (excluding diaryl/α,β-unsaturated/α-hetero) is 1. The summed E-state index contributed by atoms with van der Waals surface area (Å²) in [5, 5.41) is 7.43. The number of nitrogens with one attached hydrogen (secondary N) is 3. The number of rotatable bonds is 11. The molecule has 1 fully saturated rings. The molecule has 10 nitrogen and oxygen atoms in total. The molecule has 0 bridgehead atoms. The minimum atomic E-state index is -0.887. The van der Waals surface area contributed by atoms with Gasteiger partial charge in [0.05, 0.1) is 18.1 Å². The van der Waals surface area contributed by atoms with Gasteiger partial charge >= 0.3 is 6.03 Å². The number of likely N-dealkylation sites (N-methyl/N-ethyl adjacent to an activating group) is 1. The van der Waals surface area contributed by atoms with Crippen LogP contribution in [0.4, 0.5) is 4.79 Å². The summed E-state index contributed by atoms with van der Waals surface area (Å²) in [5.41, 5.74) is 4.58. The third-order valence-electron chi connectivity index (χ3n) is 5.53. The fourth-order valence-corrected chi connectivity index (χ4v) is 3.02. The largest absolute Gasteiger partial charge is 0.352 e. The number of nitrogens with zero attached hydrogens (tertiary/aromatic N) is 1. The van der Waals surface area contributed by atoms with Crippen LogP contribution in [0.25, 0.3) is 0 Å². The average molecular weight is 552 g/mol. The number of carbonyl (C=O) groups is 5. The van der Waals surface area contributed by atoms with Crippen LogP contribution in [-0.4, -0.2) is 73.1 Å². The van der Waals surface area contributed by atoms with Crippen molar-refractivity contribution in [3.05, 3.63) is 12.7 Å². The lowest BCUT2D eigenvalue weighted by molar-refractivity contribution is -0.140. The summed E-state index contributed by atoms with van der Waals surface area (Å²) in [7, 11) is 1.87. The Morgan fingerprint density at radius 1 is 1.15 bits per heavy atom. The highest BCUT2D eigenvalue weighted by Gasteiger charge is 2.32. The SMILES string of the molecule is C#CCCC(NC(=O)C1CCCN1C)C(=O)C(=O)NCC=C.CC.CC(C)(C)C(C=O)NC(N)=O.CCCC. The van der Waals surface area contributed by atoms with E-state index in [4.69, 9.17) is 12.2 Å². The maximum absolute atomic E-state index is 12.3. The van der Waals surface area contributed by atoms with Crippen LogP contribution in [0.2, 0.25) is 0 Å². The van der Waals surface area contributed by atoms with E-state index < -0.39 is 29.8 Å². The molecular weight excluding hydrogens is 498 g/mol. The van der Waals surface area contributed by atoms with E-state index in [1.54, 1.807) is 0 Å². The minimum Gasteiger partial charge on any atom is -0.352 e. The van der Waals surface area contributed by atoms with Gasteiger partial charge in [-0.1, -0.05) is 67.4 Å². The van der Waals surface area contributed by atoms with E-state index in [0.717, 1.165) is 19.4 Å². The molecule has 0 saturated carbocycles. The number of unbranched alkanes of at least 4 members (excludes halogenated alkanes) is 1. The van der Waals surface area contributed by atoms with Crippen LogP contribution in [0, 0.1) is 17.8 Å². The lowest BCUT2D eigenvalue weighted by atomic mass is 9.88. The van der Waals surface area contributed by atoms with E-state index >= 15 is 0 Å². The second kappa shape index (κ2) is 23.9. The fourth-order valence-electron chi connectivity index (χ4n) is 3.02. The van der Waals surface area contributed by atoms with Crippen molar-refractivity contribution in [1.82, 2.24) is 20.9 Å². The second-order valence-corrected chi connectivity index (χ2v) is 9.79. The van der Waals surface area contributed by atoms with E-state index in [0.29, 0.717) is 12.7 Å². The number of likely N-dealkylation sites (tertiary alicyclic amines) is 1. The first kappa shape index (κ1) is 40.3. The summed E-state index contributed by atoms with van der Waals surface area (Å²) in [6.45, 7) is 18.4. The number of terminal acetylenes is 1. The molecule has 0 spiro atoms. The van der Waals surface area contributed by atoms with E-state index in [-0.39, 0.29) is 30.3 Å². The van der Waals surface area contributed by atoms with E-state index in [1.807, 2.05) is 46.6 Å². The summed E-state index contributed by atoms with van der Waals surface area (Å²) in [6.07, 6.45) is 12.3. The number of carbonyl (C=O) groups excluding carboxylic acids is 5. The second-order valence-electron chi connectivity index (χ2n) is 9.79. The van der Waals surface area contributed by atoms with Crippen LogP contribution in [0.15, 0.2) is 12.7 Å². The summed E-state index contributed by atoms with van der Waals surface area (Å²) < 4.78 is 0. The molecule has 0 aliphatic carbocycles. The highest BCUT2D eigenvalue weighted by Crippen LogP contribution is 2.17. The van der Waals surface area contributed by atoms with Gasteiger partial charge < -0.3 is 26.5 Å². The molecule has 3 unspecified atom stereocenters. The van der Waals surface area contributed by atoms with Gasteiger partial charge in [0, 0.05) is 13.0 Å². The van der Waals surface area contributed by atoms with Crippen LogP contribution in [0.1, 0.15) is 87.0 Å². The lowest BCUT2D eigenvalue weighted by Crippen LogP contribution is -2.51. The quantitative estimate of drug-likeness (QED) is 0.134. The predicted molar refractivity (Wildman–Crippen MR) is 158 cm³/mol. The first-order chi connectivity index (χ1) is 18.3. The van der Waals surface area contributed by atoms with Gasteiger partial charge in [-0.05, 0) is 38.3 Å². The van der Waals surface area contributed by atoms with Gasteiger partial charge in [-0.2, -0.15) is 0 Å². The molecule has 0 aromatic carbocycles. The van der Waals surface area contributed by atoms with Crippen molar-refractivity contribution in [3.8, 4) is 12.3 Å². The number of ketones is 1. The summed E-state index contributed by atoms with van der Waals surface area (Å²) >= 11 is 0. The summed E-state index contributed by atoms with van der Waals surface area (Å²) in [6, 6.07) is -2.32. The number of aldehydes is 1. The molecule has 224 valence electrons. The maximum Gasteiger partial charge on any atom is 0.312 e. The number of hydrogen-bond acceptors (Lipinski definition) is 6. The van der Waals surface area contributed by atoms with Crippen molar-refractivity contribution in [1.29, 1.82) is 0 Å². The van der Waals surface area contributed by atoms with Gasteiger partial charge in [-0.15, -0.1) is 18.9 Å². The highest BCUT2D eigenvalue weighted by molar-refractivity contribution is 6.38. The molecule has 3 atom stereocenters. The zero-order chi connectivity index (χ0) is 31.0. The molecule has 1 aliphatic heterocycles. The van der Waals surface area contributed by atoms with Crippen molar-refractivity contribution in [2.45, 2.75) is 105 Å². The molecule has 1 rings (SSSR count). The van der Waals surface area contributed by atoms with Crippen LogP contribution in [0.5, 0.6) is 0 Å². The van der Waals surface area contributed by atoms with Gasteiger partial charge in [0.2, 0.25) is 11.7 Å². The van der Waals surface area contributed by atoms with E-state index in [2.05, 4.69) is 42.3 Å². The van der Waals surface area contributed by atoms with Crippen molar-refractivity contribution in [3.63, 3.8) is 0 Å². The number of amides is 4. The topological polar surface area (TPSA) is 151 Å². The monoisotopic (exact) mass is 551 g/mol. The summed E-state index contributed by atoms with van der Waals surface area (Å²) in [5.74, 6) is 0.786. The van der Waals surface area contributed by atoms with Crippen LogP contribution in [-0.2, 0) is 19.2 Å². The van der Waals surface area contributed by atoms with Crippen molar-refractivity contribution in [2.24, 2.45) is 11.1 Å². The van der Waals surface area contributed by atoms with Crippen molar-refractivity contribution < 1.29 is 24.0 Å². The Hall–Kier alpha value is -3.19. The number of hydrogen-bond donors (Lipinski definition) is 4. The number of primary amides is 1. The number of urea groups is 1. The maximum atomic E-state index is 12.3. The third-order valence-corrected chi connectivity index (χ3v) is 5.53. The Balaban J connectivity index is -0.000000635. The van der Waals surface area contributed by atoms with E-state index in [1.165, 1.54) is 18.9 Å². The zero-order valence-corrected chi connectivity index (χ0v) is 25.4. The van der Waals surface area contributed by atoms with Gasteiger partial charge in [0.1, 0.15) is 6.29 Å². The molecule has 1 aliphatic rings. The van der Waals surface area contributed by atoms with Gasteiger partial charge in [-0.25, -0.2) is 4.79 Å². The average Bonchev–Trinajstić information content (AvgIpc) is 3.34. The standard InChI is InChI=1S/C16H23N3O3.C7H14N2O2.C4H10.C2H6/c1-4-6-8-12(14(20)16(22)17-10-5-2)18-15(21)13-9-7-11-19(13)3;1-7(2,3)5(4-10)9-6(8)11;1-3-4-2;1-2/h1,5,12-13H,2,6-11H2,3H3,(H,17,22)(H,18,21);4-5H,1-3H3,(H3,8,9,11);3-4H2,1-2H3;1-2H3. The molecule has 39 heavy (non-hydrogen) atoms. The van der Waals surface area contributed by atoms with Gasteiger partial charge in [-0.3, -0.25) is 19.3 Å². The smallest absolute Gasteiger partial charge is 0.312 e. The van der Waals surface area contributed by atoms with Crippen LogP contribution >= 0.6 is 0 Å². The van der Waals surface area contributed by atoms with Crippen molar-refractivity contribution >= 4 is 29.9 Å². The van der Waals surface area contributed by atoms with Gasteiger partial charge in [0.25, 0.3) is 5.91 Å². The third kappa shape index (κ3) is 19.5. The normalized spacial score (nSPS) is 15.5.